The summed E-state index contributed by atoms with van der Waals surface area (Å²) >= 11 is 0. The minimum Gasteiger partial charge on any atom is -0.507 e. The number of phenolic OH excluding ortho intramolecular Hbond substituents is 1. The number of nitrogens with zero attached hydrogens (tertiary/aromatic N) is 1. The van der Waals surface area contributed by atoms with Crippen molar-refractivity contribution in [1.82, 2.24) is 0 Å². The van der Waals surface area contributed by atoms with Crippen LogP contribution >= 0.6 is 0 Å². The Hall–Kier alpha value is -2.09. The molecule has 0 saturated carbocycles. The molecule has 1 aliphatic rings. The van der Waals surface area contributed by atoms with E-state index >= 15 is 0 Å². The maximum Gasteiger partial charge on any atom is 0.132 e. The van der Waals surface area contributed by atoms with E-state index in [0.717, 1.165) is 22.2 Å². The zero-order valence-electron chi connectivity index (χ0n) is 8.07. The minimum absolute atomic E-state index is 0.237. The zero-order valence-corrected chi connectivity index (χ0v) is 8.07. The summed E-state index contributed by atoms with van der Waals surface area (Å²) < 4.78 is 0. The number of fused-ring (bicyclic) bond motifs is 3. The Morgan fingerprint density at radius 2 is 1.87 bits per heavy atom. The third kappa shape index (κ3) is 1.02. The molecule has 2 aromatic rings. The van der Waals surface area contributed by atoms with Gasteiger partial charge in [-0.3, -0.25) is 0 Å². The fourth-order valence-electron chi connectivity index (χ4n) is 1.89. The van der Waals surface area contributed by atoms with Crippen LogP contribution in [0.15, 0.2) is 41.4 Å². The lowest BCUT2D eigenvalue weighted by Gasteiger charge is -2.01. The number of aromatic hydroxyl groups is 1. The molecular formula is C13H9NO. The van der Waals surface area contributed by atoms with Crippen LogP contribution in [-0.4, -0.2) is 5.11 Å². The van der Waals surface area contributed by atoms with Gasteiger partial charge in [-0.15, -0.1) is 0 Å². The quantitative estimate of drug-likeness (QED) is 0.582. The van der Waals surface area contributed by atoms with Gasteiger partial charge in [0.05, 0.1) is 16.6 Å². The van der Waals surface area contributed by atoms with Gasteiger partial charge in [0, 0.05) is 10.8 Å². The van der Waals surface area contributed by atoms with E-state index in [2.05, 4.69) is 11.6 Å². The highest BCUT2D eigenvalue weighted by molar-refractivity contribution is 5.82. The lowest BCUT2D eigenvalue weighted by Crippen LogP contribution is -2.08. The van der Waals surface area contributed by atoms with Crippen molar-refractivity contribution in [2.45, 2.75) is 0 Å². The van der Waals surface area contributed by atoms with Gasteiger partial charge in [-0.2, -0.15) is 0 Å². The van der Waals surface area contributed by atoms with Crippen LogP contribution in [0.5, 0.6) is 5.75 Å². The Morgan fingerprint density at radius 3 is 2.73 bits per heavy atom. The lowest BCUT2D eigenvalue weighted by atomic mass is 10.0. The summed E-state index contributed by atoms with van der Waals surface area (Å²) in [5, 5.41) is 11.4. The van der Waals surface area contributed by atoms with Gasteiger partial charge in [0.2, 0.25) is 0 Å². The molecule has 1 aliphatic heterocycles. The summed E-state index contributed by atoms with van der Waals surface area (Å²) in [4.78, 5) is 4.43. The van der Waals surface area contributed by atoms with Crippen molar-refractivity contribution in [3.63, 3.8) is 0 Å². The molecule has 15 heavy (non-hydrogen) atoms. The molecule has 0 atom stereocenters. The zero-order chi connectivity index (χ0) is 10.4. The largest absolute Gasteiger partial charge is 0.507 e. The van der Waals surface area contributed by atoms with Crippen molar-refractivity contribution in [2.24, 2.45) is 4.99 Å². The van der Waals surface area contributed by atoms with E-state index in [9.17, 15) is 5.11 Å². The molecule has 2 nitrogen and oxygen atoms in total. The van der Waals surface area contributed by atoms with Crippen LogP contribution in [0.25, 0.3) is 17.7 Å². The van der Waals surface area contributed by atoms with Crippen molar-refractivity contribution in [2.75, 3.05) is 0 Å². The van der Waals surface area contributed by atoms with Gasteiger partial charge in [0.15, 0.2) is 0 Å². The molecule has 3 rings (SSSR count). The van der Waals surface area contributed by atoms with Gasteiger partial charge in [-0.1, -0.05) is 24.8 Å². The highest BCUT2D eigenvalue weighted by Crippen LogP contribution is 2.35. The third-order valence-electron chi connectivity index (χ3n) is 2.65. The fourth-order valence-corrected chi connectivity index (χ4v) is 1.89. The molecule has 0 aromatic heterocycles. The van der Waals surface area contributed by atoms with E-state index in [1.165, 1.54) is 0 Å². The minimum atomic E-state index is 0.237. The van der Waals surface area contributed by atoms with E-state index < -0.39 is 0 Å². The van der Waals surface area contributed by atoms with Crippen LogP contribution in [0, 0.1) is 0 Å². The Kier molecular flexibility index (Phi) is 1.48. The number of para-hydroxylation sites is 1. The summed E-state index contributed by atoms with van der Waals surface area (Å²) in [6, 6.07) is 11.5. The average Bonchev–Trinajstić information content (AvgIpc) is 2.62. The van der Waals surface area contributed by atoms with Crippen LogP contribution in [0.1, 0.15) is 0 Å². The predicted octanol–water partition coefficient (Wildman–Crippen LogP) is 1.73. The standard InChI is InChI=1S/C13H9NO/c1-8-6-7-11-12(13(8)15)9-4-2-3-5-10(9)14-11/h2-7,15H,1H2. The van der Waals surface area contributed by atoms with Gasteiger partial charge in [0.25, 0.3) is 0 Å². The van der Waals surface area contributed by atoms with Gasteiger partial charge in [-0.05, 0) is 18.2 Å². The molecule has 0 spiro atoms. The lowest BCUT2D eigenvalue weighted by molar-refractivity contribution is 0.473. The van der Waals surface area contributed by atoms with Gasteiger partial charge < -0.3 is 5.11 Å². The maximum absolute atomic E-state index is 9.94. The number of benzene rings is 2. The first kappa shape index (κ1) is 8.24. The molecule has 1 N–H and O–H groups in total. The van der Waals surface area contributed by atoms with Gasteiger partial charge >= 0.3 is 0 Å². The molecule has 1 heterocycles. The summed E-state index contributed by atoms with van der Waals surface area (Å²) in [5.41, 5.74) is 2.70. The summed E-state index contributed by atoms with van der Waals surface area (Å²) in [7, 11) is 0. The van der Waals surface area contributed by atoms with Crippen LogP contribution in [0.4, 0.5) is 5.69 Å². The highest BCUT2D eigenvalue weighted by atomic mass is 16.3. The molecule has 0 bridgehead atoms. The van der Waals surface area contributed by atoms with Crippen molar-refractivity contribution >= 4 is 12.3 Å². The van der Waals surface area contributed by atoms with Gasteiger partial charge in [-0.25, -0.2) is 4.99 Å². The summed E-state index contributed by atoms with van der Waals surface area (Å²) in [6.07, 6.45) is 0. The van der Waals surface area contributed by atoms with Crippen LogP contribution in [0.3, 0.4) is 0 Å². The Balaban J connectivity index is 2.50. The first-order valence-corrected chi connectivity index (χ1v) is 4.76. The molecule has 2 heteroatoms. The second-order valence-electron chi connectivity index (χ2n) is 3.60. The summed E-state index contributed by atoms with van der Waals surface area (Å²) in [5.74, 6) is 0.237. The van der Waals surface area contributed by atoms with E-state index in [1.54, 1.807) is 6.07 Å². The smallest absolute Gasteiger partial charge is 0.132 e. The number of hydrogen-bond acceptors (Lipinski definition) is 2. The molecule has 0 aliphatic carbocycles. The molecular weight excluding hydrogens is 186 g/mol. The number of rotatable bonds is 0. The van der Waals surface area contributed by atoms with E-state index in [0.29, 0.717) is 5.22 Å². The number of phenols is 1. The third-order valence-corrected chi connectivity index (χ3v) is 2.65. The van der Waals surface area contributed by atoms with Crippen LogP contribution in [0.2, 0.25) is 0 Å². The van der Waals surface area contributed by atoms with Crippen molar-refractivity contribution in [1.29, 1.82) is 0 Å². The molecule has 0 saturated heterocycles. The molecule has 2 aromatic carbocycles. The molecule has 0 radical (unpaired) electrons. The highest BCUT2D eigenvalue weighted by Gasteiger charge is 2.16. The van der Waals surface area contributed by atoms with Gasteiger partial charge in [0.1, 0.15) is 5.75 Å². The maximum atomic E-state index is 9.94. The SMILES string of the molecule is C=c1ccc2c(c1O)-c1ccccc1N=2. The van der Waals surface area contributed by atoms with Crippen LogP contribution < -0.4 is 10.6 Å². The molecule has 0 unspecified atom stereocenters. The Bertz CT molecular complexity index is 659. The molecule has 72 valence electrons. The summed E-state index contributed by atoms with van der Waals surface area (Å²) in [6.45, 7) is 3.78. The predicted molar refractivity (Wildman–Crippen MR) is 59.5 cm³/mol. The average molecular weight is 195 g/mol. The van der Waals surface area contributed by atoms with Crippen molar-refractivity contribution in [3.05, 3.63) is 47.0 Å². The second-order valence-corrected chi connectivity index (χ2v) is 3.60. The van der Waals surface area contributed by atoms with Crippen molar-refractivity contribution in [3.8, 4) is 16.9 Å². The normalized spacial score (nSPS) is 11.7. The fraction of sp³-hybridized carbons (Fsp3) is 0. The van der Waals surface area contributed by atoms with E-state index in [1.807, 2.05) is 30.3 Å². The topological polar surface area (TPSA) is 32.6 Å². The molecule has 0 fully saturated rings. The second kappa shape index (κ2) is 2.70. The van der Waals surface area contributed by atoms with Crippen molar-refractivity contribution < 1.29 is 5.11 Å². The van der Waals surface area contributed by atoms with Crippen LogP contribution in [-0.2, 0) is 0 Å². The Morgan fingerprint density at radius 1 is 1.07 bits per heavy atom. The monoisotopic (exact) mass is 195 g/mol. The Labute approximate surface area is 86.8 Å². The first-order valence-electron chi connectivity index (χ1n) is 4.76. The number of hydrogen-bond donors (Lipinski definition) is 1. The first-order chi connectivity index (χ1) is 7.27. The molecule has 0 amide bonds. The van der Waals surface area contributed by atoms with E-state index in [4.69, 9.17) is 0 Å². The van der Waals surface area contributed by atoms with E-state index in [-0.39, 0.29) is 5.75 Å².